The molecule has 0 N–H and O–H groups in total. The van der Waals surface area contributed by atoms with Gasteiger partial charge in [-0.05, 0) is 136 Å². The van der Waals surface area contributed by atoms with Gasteiger partial charge in [-0.2, -0.15) is 0 Å². The highest BCUT2D eigenvalue weighted by Crippen LogP contribution is 2.60. The van der Waals surface area contributed by atoms with Gasteiger partial charge in [-0.1, -0.05) is 171 Å². The van der Waals surface area contributed by atoms with Gasteiger partial charge >= 0.3 is 0 Å². The van der Waals surface area contributed by atoms with Gasteiger partial charge in [0.25, 0.3) is 0 Å². The van der Waals surface area contributed by atoms with Crippen LogP contribution in [0.25, 0.3) is 116 Å². The van der Waals surface area contributed by atoms with E-state index in [4.69, 9.17) is 8.83 Å². The minimum Gasteiger partial charge on any atom is -0.456 e. The van der Waals surface area contributed by atoms with Gasteiger partial charge in [0, 0.05) is 54.8 Å². The van der Waals surface area contributed by atoms with E-state index >= 15 is 0 Å². The predicted octanol–water partition coefficient (Wildman–Crippen LogP) is 19.8. The van der Waals surface area contributed by atoms with Crippen LogP contribution in [0.4, 0.5) is 17.1 Å². The molecule has 2 aliphatic rings. The van der Waals surface area contributed by atoms with Crippen molar-refractivity contribution < 1.29 is 8.83 Å². The molecule has 11 aromatic carbocycles. The minimum absolute atomic E-state index is 0.00498. The molecular weight excluding hydrogens is 901 g/mol. The summed E-state index contributed by atoms with van der Waals surface area (Å²) in [6, 6.07) is 84.7. The first-order valence-corrected chi connectivity index (χ1v) is 26.2. The van der Waals surface area contributed by atoms with Crippen molar-refractivity contribution in [1.29, 1.82) is 0 Å². The normalized spacial score (nSPS) is 14.1. The monoisotopic (exact) mass is 948 g/mol. The summed E-state index contributed by atoms with van der Waals surface area (Å²) < 4.78 is 15.9. The van der Waals surface area contributed by atoms with Crippen molar-refractivity contribution in [3.63, 3.8) is 0 Å². The number of rotatable bonds is 6. The number of para-hydroxylation sites is 3. The van der Waals surface area contributed by atoms with Gasteiger partial charge in [-0.15, -0.1) is 0 Å². The topological polar surface area (TPSA) is 34.5 Å². The van der Waals surface area contributed by atoms with Crippen molar-refractivity contribution in [3.05, 3.63) is 242 Å². The predicted molar refractivity (Wildman–Crippen MR) is 308 cm³/mol. The second-order valence-corrected chi connectivity index (χ2v) is 20.6. The van der Waals surface area contributed by atoms with E-state index in [1.54, 1.807) is 0 Å². The number of hydrogen-bond acceptors (Lipinski definition) is 3. The molecule has 0 saturated heterocycles. The van der Waals surface area contributed by atoms with Crippen LogP contribution in [0.5, 0.6) is 0 Å². The van der Waals surface area contributed by atoms with Gasteiger partial charge in [0.05, 0.1) is 27.8 Å². The Morgan fingerprint density at radius 1 is 0.392 bits per heavy atom. The average Bonchev–Trinajstić information content (AvgIpc) is 4.21. The van der Waals surface area contributed by atoms with Crippen LogP contribution in [-0.4, -0.2) is 4.57 Å². The fraction of sp³-hybridized carbons (Fsp3) is 0.0857. The smallest absolute Gasteiger partial charge is 0.143 e. The Balaban J connectivity index is 0.909. The number of nitrogens with zero attached hydrogens (tertiary/aromatic N) is 2. The summed E-state index contributed by atoms with van der Waals surface area (Å²) >= 11 is 0. The zero-order chi connectivity index (χ0) is 48.5. The molecule has 0 atom stereocenters. The van der Waals surface area contributed by atoms with Crippen LogP contribution in [0.3, 0.4) is 0 Å². The first-order chi connectivity index (χ1) is 36.7. The van der Waals surface area contributed by atoms with Crippen molar-refractivity contribution in [3.8, 4) is 39.1 Å². The Morgan fingerprint density at radius 2 is 1.04 bits per heavy atom. The molecule has 4 heteroatoms. The summed E-state index contributed by atoms with van der Waals surface area (Å²) in [5.41, 5.74) is 20.5. The Hall–Kier alpha value is -9.12. The molecule has 0 radical (unpaired) electrons. The lowest BCUT2D eigenvalue weighted by molar-refractivity contribution is 0.353. The van der Waals surface area contributed by atoms with Gasteiger partial charge in [0.15, 0.2) is 0 Å². The number of benzene rings is 11. The molecular formula is C70H48N2O2. The van der Waals surface area contributed by atoms with Crippen molar-refractivity contribution in [2.45, 2.75) is 37.5 Å². The number of fused-ring (bicyclic) bond motifs is 16. The molecule has 0 bridgehead atoms. The first-order valence-electron chi connectivity index (χ1n) is 26.2. The molecule has 3 aromatic heterocycles. The van der Waals surface area contributed by atoms with Gasteiger partial charge in [-0.25, -0.2) is 0 Å². The molecule has 2 aliphatic carbocycles. The van der Waals surface area contributed by atoms with E-state index in [-0.39, 0.29) is 5.41 Å². The fourth-order valence-corrected chi connectivity index (χ4v) is 13.5. The first kappa shape index (κ1) is 41.5. The van der Waals surface area contributed by atoms with E-state index in [0.29, 0.717) is 0 Å². The average molecular weight is 949 g/mol. The summed E-state index contributed by atoms with van der Waals surface area (Å²) in [7, 11) is 0. The lowest BCUT2D eigenvalue weighted by Crippen LogP contribution is -2.28. The van der Waals surface area contributed by atoms with Crippen molar-refractivity contribution in [2.24, 2.45) is 0 Å². The second kappa shape index (κ2) is 15.9. The van der Waals surface area contributed by atoms with E-state index in [1.165, 1.54) is 92.6 Å². The van der Waals surface area contributed by atoms with Crippen LogP contribution in [0.1, 0.15) is 43.2 Å². The standard InChI is InChI=1S/C70H48N2O2/c1-3-17-48(18-4-1)71-59-37-33-46(42-55(59)66-50-19-6-5-16-44(50)32-38-62(66)71)47-34-39-64-56(43-47)68-61(27-15-29-65(68)73-64)72(60-26-14-25-58-67(60)54-21-7-9-24-57(54)70(58)40-11-2-12-41-70)49-35-30-45(31-36-49)51-22-13-23-53-52-20-8-10-28-63(52)74-69(51)53/h1,3-10,13-39,42-43H,2,11-12,40-41H2. The highest BCUT2D eigenvalue weighted by atomic mass is 16.3. The molecule has 0 amide bonds. The number of aromatic nitrogens is 1. The lowest BCUT2D eigenvalue weighted by Gasteiger charge is -2.36. The Labute approximate surface area is 427 Å². The molecule has 16 rings (SSSR count). The number of furan rings is 2. The molecule has 1 saturated carbocycles. The zero-order valence-electron chi connectivity index (χ0n) is 40.7. The van der Waals surface area contributed by atoms with Gasteiger partial charge in [-0.3, -0.25) is 0 Å². The van der Waals surface area contributed by atoms with Crippen LogP contribution in [0.2, 0.25) is 0 Å². The van der Waals surface area contributed by atoms with Crippen LogP contribution in [-0.2, 0) is 5.41 Å². The molecule has 3 heterocycles. The summed E-state index contributed by atoms with van der Waals surface area (Å²) in [5.74, 6) is 0. The summed E-state index contributed by atoms with van der Waals surface area (Å²) in [6.45, 7) is 0. The van der Waals surface area contributed by atoms with Crippen molar-refractivity contribution >= 4 is 93.5 Å². The van der Waals surface area contributed by atoms with Crippen LogP contribution in [0.15, 0.2) is 239 Å². The summed E-state index contributed by atoms with van der Waals surface area (Å²) in [5, 5.41) is 9.43. The summed E-state index contributed by atoms with van der Waals surface area (Å²) in [6.07, 6.45) is 6.10. The third kappa shape index (κ3) is 5.97. The highest BCUT2D eigenvalue weighted by molar-refractivity contribution is 6.22. The molecule has 0 aliphatic heterocycles. The Bertz CT molecular complexity index is 4580. The van der Waals surface area contributed by atoms with E-state index in [2.05, 4.69) is 234 Å². The third-order valence-electron chi connectivity index (χ3n) is 16.8. The summed E-state index contributed by atoms with van der Waals surface area (Å²) in [4.78, 5) is 2.52. The zero-order valence-corrected chi connectivity index (χ0v) is 40.7. The van der Waals surface area contributed by atoms with E-state index < -0.39 is 0 Å². The van der Waals surface area contributed by atoms with Crippen LogP contribution in [0, 0.1) is 0 Å². The molecule has 1 fully saturated rings. The molecule has 0 unspecified atom stereocenters. The third-order valence-corrected chi connectivity index (χ3v) is 16.8. The van der Waals surface area contributed by atoms with Crippen LogP contribution >= 0.6 is 0 Å². The SMILES string of the molecule is c1ccc(-n2c3ccc(-c4ccc5oc6cccc(N(c7ccc(-c8cccc9c8oc8ccccc89)cc7)c7cccc8c7-c7ccccc7C87CCCCC7)c6c5c4)cc3c3c4ccccc4ccc32)cc1. The molecule has 14 aromatic rings. The molecule has 350 valence electrons. The molecule has 74 heavy (non-hydrogen) atoms. The fourth-order valence-electron chi connectivity index (χ4n) is 13.5. The highest BCUT2D eigenvalue weighted by Gasteiger charge is 2.45. The largest absolute Gasteiger partial charge is 0.456 e. The quantitative estimate of drug-likeness (QED) is 0.167. The van der Waals surface area contributed by atoms with E-state index in [1.807, 2.05) is 6.07 Å². The maximum Gasteiger partial charge on any atom is 0.143 e. The Morgan fingerprint density at radius 3 is 1.93 bits per heavy atom. The number of hydrogen-bond donors (Lipinski definition) is 0. The minimum atomic E-state index is 0.00498. The van der Waals surface area contributed by atoms with E-state index in [9.17, 15) is 0 Å². The van der Waals surface area contributed by atoms with Gasteiger partial charge in [0.2, 0.25) is 0 Å². The lowest BCUT2D eigenvalue weighted by atomic mass is 9.68. The van der Waals surface area contributed by atoms with Crippen molar-refractivity contribution in [2.75, 3.05) is 4.90 Å². The number of anilines is 3. The molecule has 1 spiro atoms. The van der Waals surface area contributed by atoms with Crippen LogP contribution < -0.4 is 4.90 Å². The maximum absolute atomic E-state index is 6.88. The molecule has 4 nitrogen and oxygen atoms in total. The maximum atomic E-state index is 6.88. The van der Waals surface area contributed by atoms with Gasteiger partial charge < -0.3 is 18.3 Å². The van der Waals surface area contributed by atoms with Gasteiger partial charge in [0.1, 0.15) is 22.3 Å². The Kier molecular flexibility index (Phi) is 8.94. The second-order valence-electron chi connectivity index (χ2n) is 20.6. The van der Waals surface area contributed by atoms with Crippen molar-refractivity contribution in [1.82, 2.24) is 4.57 Å². The van der Waals surface area contributed by atoms with E-state index in [0.717, 1.165) is 83.2 Å².